The summed E-state index contributed by atoms with van der Waals surface area (Å²) in [6.45, 7) is 2.09. The summed E-state index contributed by atoms with van der Waals surface area (Å²) in [6.07, 6.45) is 2.75. The molecule has 2 amide bonds. The molecule has 0 spiro atoms. The van der Waals surface area contributed by atoms with E-state index in [0.717, 1.165) is 37.0 Å². The highest BCUT2D eigenvalue weighted by atomic mass is 16.2. The van der Waals surface area contributed by atoms with Gasteiger partial charge in [0.25, 0.3) is 0 Å². The van der Waals surface area contributed by atoms with Crippen molar-refractivity contribution in [3.8, 4) is 0 Å². The number of carbonyl (C=O) groups excluding carboxylic acids is 2. The summed E-state index contributed by atoms with van der Waals surface area (Å²) in [6, 6.07) is 5.35. The van der Waals surface area contributed by atoms with Gasteiger partial charge < -0.3 is 4.90 Å². The quantitative estimate of drug-likeness (QED) is 0.819. The zero-order valence-electron chi connectivity index (χ0n) is 15.2. The van der Waals surface area contributed by atoms with E-state index in [0.29, 0.717) is 12.3 Å². The second-order valence-electron chi connectivity index (χ2n) is 7.47. The number of likely N-dealkylation sites (tertiary alicyclic amines) is 1. The predicted octanol–water partition coefficient (Wildman–Crippen LogP) is 1.13. The molecule has 0 saturated carbocycles. The molecule has 7 nitrogen and oxygen atoms in total. The second-order valence-corrected chi connectivity index (χ2v) is 7.47. The lowest BCUT2D eigenvalue weighted by Gasteiger charge is -2.29. The number of aromatic nitrogens is 2. The van der Waals surface area contributed by atoms with Crippen LogP contribution in [0.5, 0.6) is 0 Å². The van der Waals surface area contributed by atoms with Gasteiger partial charge in [0.05, 0.1) is 11.0 Å². The molecule has 0 aliphatic carbocycles. The average molecular weight is 356 g/mol. The van der Waals surface area contributed by atoms with Gasteiger partial charge in [-0.05, 0) is 56.9 Å². The molecule has 26 heavy (non-hydrogen) atoms. The monoisotopic (exact) mass is 356 g/mol. The Morgan fingerprint density at radius 2 is 1.77 bits per heavy atom. The molecule has 4 rings (SSSR count). The molecule has 2 aliphatic rings. The number of imide groups is 1. The fraction of sp³-hybridized carbons (Fsp3) is 0.526. The normalized spacial score (nSPS) is 22.8. The van der Waals surface area contributed by atoms with Crippen molar-refractivity contribution < 1.29 is 9.59 Å². The van der Waals surface area contributed by atoms with E-state index in [-0.39, 0.29) is 23.9 Å². The number of fused-ring (bicyclic) bond motifs is 1. The van der Waals surface area contributed by atoms with Crippen LogP contribution >= 0.6 is 0 Å². The Kier molecular flexibility index (Phi) is 4.19. The van der Waals surface area contributed by atoms with Crippen LogP contribution in [-0.4, -0.2) is 46.0 Å². The van der Waals surface area contributed by atoms with E-state index in [2.05, 4.69) is 23.3 Å². The minimum absolute atomic E-state index is 0.199. The van der Waals surface area contributed by atoms with E-state index in [9.17, 15) is 14.4 Å². The highest BCUT2D eigenvalue weighted by molar-refractivity contribution is 6.00. The first-order chi connectivity index (χ1) is 12.5. The molecule has 3 heterocycles. The molecule has 2 aliphatic heterocycles. The molecule has 1 aromatic heterocycles. The number of hydrogen-bond donors (Lipinski definition) is 1. The van der Waals surface area contributed by atoms with Gasteiger partial charge in [-0.25, -0.2) is 4.79 Å². The van der Waals surface area contributed by atoms with Gasteiger partial charge in [-0.1, -0.05) is 12.1 Å². The smallest absolute Gasteiger partial charge is 0.306 e. The van der Waals surface area contributed by atoms with Gasteiger partial charge in [0.15, 0.2) is 0 Å². The maximum absolute atomic E-state index is 13.0. The van der Waals surface area contributed by atoms with E-state index in [1.165, 1.54) is 5.56 Å². The van der Waals surface area contributed by atoms with Crippen LogP contribution in [0.2, 0.25) is 0 Å². The Balaban J connectivity index is 1.83. The molecule has 2 fully saturated rings. The molecule has 138 valence electrons. The third-order valence-corrected chi connectivity index (χ3v) is 5.81. The molecule has 1 aromatic carbocycles. The topological polar surface area (TPSA) is 76.3 Å². The van der Waals surface area contributed by atoms with E-state index in [1.54, 1.807) is 16.2 Å². The SMILES string of the molecule is CN1CCC(c2cccc3c2n(C)c(=O)n3C2CCC(=O)NC2=O)CC1. The van der Waals surface area contributed by atoms with Crippen LogP contribution in [0.1, 0.15) is 43.2 Å². The summed E-state index contributed by atoms with van der Waals surface area (Å²) in [5.41, 5.74) is 2.68. The van der Waals surface area contributed by atoms with Crippen molar-refractivity contribution in [1.82, 2.24) is 19.4 Å². The van der Waals surface area contributed by atoms with E-state index in [4.69, 9.17) is 0 Å². The van der Waals surface area contributed by atoms with Gasteiger partial charge >= 0.3 is 5.69 Å². The largest absolute Gasteiger partial charge is 0.329 e. The molecule has 2 aromatic rings. The number of imidazole rings is 1. The molecule has 7 heteroatoms. The summed E-state index contributed by atoms with van der Waals surface area (Å²) in [7, 11) is 3.90. The third-order valence-electron chi connectivity index (χ3n) is 5.81. The van der Waals surface area contributed by atoms with Crippen LogP contribution in [0.15, 0.2) is 23.0 Å². The molecule has 1 atom stereocenters. The fourth-order valence-electron chi connectivity index (χ4n) is 4.35. The maximum Gasteiger partial charge on any atom is 0.329 e. The van der Waals surface area contributed by atoms with Crippen molar-refractivity contribution in [3.05, 3.63) is 34.2 Å². The molecule has 0 radical (unpaired) electrons. The van der Waals surface area contributed by atoms with Crippen LogP contribution < -0.4 is 11.0 Å². The third kappa shape index (κ3) is 2.67. The first kappa shape index (κ1) is 17.0. The predicted molar refractivity (Wildman–Crippen MR) is 98.1 cm³/mol. The highest BCUT2D eigenvalue weighted by Crippen LogP contribution is 2.33. The number of hydrogen-bond acceptors (Lipinski definition) is 4. The number of carbonyl (C=O) groups is 2. The van der Waals surface area contributed by atoms with Crippen LogP contribution in [0, 0.1) is 0 Å². The molecule has 0 bridgehead atoms. The molecule has 1 unspecified atom stereocenters. The van der Waals surface area contributed by atoms with Crippen molar-refractivity contribution in [2.75, 3.05) is 20.1 Å². The minimum atomic E-state index is -0.628. The Labute approximate surface area is 151 Å². The number of benzene rings is 1. The number of piperidine rings is 2. The maximum atomic E-state index is 13.0. The summed E-state index contributed by atoms with van der Waals surface area (Å²) < 4.78 is 3.22. The van der Waals surface area contributed by atoms with Crippen molar-refractivity contribution in [3.63, 3.8) is 0 Å². The lowest BCUT2D eigenvalue weighted by atomic mass is 9.88. The summed E-state index contributed by atoms with van der Waals surface area (Å²) in [5.74, 6) is -0.245. The van der Waals surface area contributed by atoms with Gasteiger partial charge in [0.1, 0.15) is 6.04 Å². The Morgan fingerprint density at radius 1 is 1.04 bits per heavy atom. The van der Waals surface area contributed by atoms with Gasteiger partial charge in [-0.2, -0.15) is 0 Å². The van der Waals surface area contributed by atoms with E-state index < -0.39 is 6.04 Å². The van der Waals surface area contributed by atoms with Crippen LogP contribution in [0.3, 0.4) is 0 Å². The molecule has 1 N–H and O–H groups in total. The zero-order chi connectivity index (χ0) is 18.4. The standard InChI is InChI=1S/C19H24N4O3/c1-21-10-8-12(9-11-21)13-4-3-5-14-17(13)22(2)19(26)23(14)15-6-7-16(24)20-18(15)25/h3-5,12,15H,6-11H2,1-2H3,(H,20,24,25). The number of para-hydroxylation sites is 1. The fourth-order valence-corrected chi connectivity index (χ4v) is 4.35. The van der Waals surface area contributed by atoms with E-state index in [1.807, 2.05) is 12.1 Å². The Hall–Kier alpha value is -2.41. The number of rotatable bonds is 2. The average Bonchev–Trinajstić information content (AvgIpc) is 2.87. The summed E-state index contributed by atoms with van der Waals surface area (Å²) >= 11 is 0. The number of nitrogens with one attached hydrogen (secondary N) is 1. The van der Waals surface area contributed by atoms with Crippen LogP contribution in [0.4, 0.5) is 0 Å². The Morgan fingerprint density at radius 3 is 2.46 bits per heavy atom. The van der Waals surface area contributed by atoms with Crippen molar-refractivity contribution in [2.45, 2.75) is 37.6 Å². The van der Waals surface area contributed by atoms with Crippen molar-refractivity contribution in [2.24, 2.45) is 7.05 Å². The summed E-state index contributed by atoms with van der Waals surface area (Å²) in [5, 5.41) is 2.36. The minimum Gasteiger partial charge on any atom is -0.306 e. The van der Waals surface area contributed by atoms with Gasteiger partial charge in [-0.3, -0.25) is 24.0 Å². The zero-order valence-corrected chi connectivity index (χ0v) is 15.2. The number of aryl methyl sites for hydroxylation is 1. The second kappa shape index (κ2) is 6.39. The van der Waals surface area contributed by atoms with Crippen LogP contribution in [0.25, 0.3) is 11.0 Å². The molecule has 2 saturated heterocycles. The first-order valence-electron chi connectivity index (χ1n) is 9.19. The molecular weight excluding hydrogens is 332 g/mol. The summed E-state index contributed by atoms with van der Waals surface area (Å²) in [4.78, 5) is 39.1. The lowest BCUT2D eigenvalue weighted by molar-refractivity contribution is -0.135. The highest BCUT2D eigenvalue weighted by Gasteiger charge is 2.32. The number of amides is 2. The molecular formula is C19H24N4O3. The van der Waals surface area contributed by atoms with Gasteiger partial charge in [0, 0.05) is 13.5 Å². The van der Waals surface area contributed by atoms with Crippen molar-refractivity contribution >= 4 is 22.8 Å². The van der Waals surface area contributed by atoms with Crippen molar-refractivity contribution in [1.29, 1.82) is 0 Å². The van der Waals surface area contributed by atoms with Crippen LogP contribution in [-0.2, 0) is 16.6 Å². The Bertz CT molecular complexity index is 934. The van der Waals surface area contributed by atoms with E-state index >= 15 is 0 Å². The lowest BCUT2D eigenvalue weighted by Crippen LogP contribution is -2.44. The number of nitrogens with zero attached hydrogens (tertiary/aromatic N) is 3. The van der Waals surface area contributed by atoms with Gasteiger partial charge in [-0.15, -0.1) is 0 Å². The first-order valence-corrected chi connectivity index (χ1v) is 9.19. The van der Waals surface area contributed by atoms with Gasteiger partial charge in [0.2, 0.25) is 11.8 Å².